The molecule has 2 N–H and O–H groups in total. The van der Waals surface area contributed by atoms with E-state index in [0.29, 0.717) is 53.8 Å². The fourth-order valence-corrected chi connectivity index (χ4v) is 4.32. The van der Waals surface area contributed by atoms with Crippen LogP contribution in [-0.4, -0.2) is 31.6 Å². The van der Waals surface area contributed by atoms with Gasteiger partial charge in [0.1, 0.15) is 23.8 Å². The molecule has 2 aromatic carbocycles. The highest BCUT2D eigenvalue weighted by atomic mass is 35.5. The van der Waals surface area contributed by atoms with Crippen LogP contribution in [0.1, 0.15) is 36.2 Å². The molecular weight excluding hydrogens is 454 g/mol. The molecule has 1 amide bonds. The van der Waals surface area contributed by atoms with Gasteiger partial charge in [0.05, 0.1) is 5.02 Å². The molecule has 0 aliphatic heterocycles. The van der Waals surface area contributed by atoms with E-state index in [0.717, 1.165) is 31.1 Å². The predicted octanol–water partition coefficient (Wildman–Crippen LogP) is 5.84. The highest BCUT2D eigenvalue weighted by Gasteiger charge is 2.22. The summed E-state index contributed by atoms with van der Waals surface area (Å²) in [6.07, 6.45) is 4.16. The standard InChI is InChI=1S/C24H25Cl2FN2O3/c25-17-3-8-22-16(11-17)12-23(32-22)24(30)29-14-15-1-4-18(5-2-15)28-9-10-31-19-6-7-20(26)21(27)13-19/h3,6-8,11-13,15,18,28H,1-2,4-5,9-10,14H2,(H,29,30)/t15-,18-. The summed E-state index contributed by atoms with van der Waals surface area (Å²) < 4.78 is 24.6. The number of rotatable bonds is 8. The number of ether oxygens (including phenoxy) is 1. The topological polar surface area (TPSA) is 63.5 Å². The van der Waals surface area contributed by atoms with Crippen LogP contribution in [0.4, 0.5) is 4.39 Å². The third-order valence-electron chi connectivity index (χ3n) is 5.80. The Hall–Kier alpha value is -2.28. The first-order valence-electron chi connectivity index (χ1n) is 10.8. The second-order valence-corrected chi connectivity index (χ2v) is 8.94. The first-order chi connectivity index (χ1) is 15.5. The molecule has 1 aliphatic carbocycles. The van der Waals surface area contributed by atoms with Gasteiger partial charge in [-0.15, -0.1) is 0 Å². The first-order valence-corrected chi connectivity index (χ1v) is 11.5. The van der Waals surface area contributed by atoms with Crippen LogP contribution in [-0.2, 0) is 0 Å². The van der Waals surface area contributed by atoms with Crippen molar-refractivity contribution in [2.45, 2.75) is 31.7 Å². The lowest BCUT2D eigenvalue weighted by Gasteiger charge is -2.29. The van der Waals surface area contributed by atoms with Crippen LogP contribution in [0.2, 0.25) is 10.0 Å². The minimum absolute atomic E-state index is 0.0888. The number of hydrogen-bond acceptors (Lipinski definition) is 4. The normalized spacial score (nSPS) is 18.6. The minimum atomic E-state index is -0.479. The first kappa shape index (κ1) is 22.9. The van der Waals surface area contributed by atoms with Crippen molar-refractivity contribution in [3.63, 3.8) is 0 Å². The smallest absolute Gasteiger partial charge is 0.287 e. The van der Waals surface area contributed by atoms with Crippen molar-refractivity contribution in [1.82, 2.24) is 10.6 Å². The molecule has 0 saturated heterocycles. The molecule has 0 atom stereocenters. The van der Waals surface area contributed by atoms with Gasteiger partial charge in [0.25, 0.3) is 5.91 Å². The van der Waals surface area contributed by atoms with Crippen molar-refractivity contribution in [3.8, 4) is 5.75 Å². The molecule has 1 heterocycles. The monoisotopic (exact) mass is 478 g/mol. The number of furan rings is 1. The fourth-order valence-electron chi connectivity index (χ4n) is 4.02. The lowest BCUT2D eigenvalue weighted by Crippen LogP contribution is -2.38. The third-order valence-corrected chi connectivity index (χ3v) is 6.34. The van der Waals surface area contributed by atoms with E-state index in [-0.39, 0.29) is 10.9 Å². The van der Waals surface area contributed by atoms with Crippen molar-refractivity contribution in [3.05, 3.63) is 64.1 Å². The Morgan fingerprint density at radius 1 is 1.09 bits per heavy atom. The summed E-state index contributed by atoms with van der Waals surface area (Å²) in [7, 11) is 0. The van der Waals surface area contributed by atoms with E-state index in [1.165, 1.54) is 12.1 Å². The van der Waals surface area contributed by atoms with Crippen molar-refractivity contribution >= 4 is 40.1 Å². The zero-order chi connectivity index (χ0) is 22.5. The molecule has 5 nitrogen and oxygen atoms in total. The average molecular weight is 479 g/mol. The number of halogens is 3. The molecule has 170 valence electrons. The van der Waals surface area contributed by atoms with Crippen LogP contribution in [0.15, 0.2) is 46.9 Å². The fraction of sp³-hybridized carbons (Fsp3) is 0.375. The summed E-state index contributed by atoms with van der Waals surface area (Å²) >= 11 is 11.7. The number of nitrogens with one attached hydrogen (secondary N) is 2. The van der Waals surface area contributed by atoms with E-state index < -0.39 is 5.82 Å². The number of benzene rings is 2. The van der Waals surface area contributed by atoms with Crippen LogP contribution in [0.25, 0.3) is 11.0 Å². The van der Waals surface area contributed by atoms with Crippen molar-refractivity contribution in [1.29, 1.82) is 0 Å². The van der Waals surface area contributed by atoms with E-state index in [9.17, 15) is 9.18 Å². The number of amides is 1. The quantitative estimate of drug-likeness (QED) is 0.399. The largest absolute Gasteiger partial charge is 0.492 e. The van der Waals surface area contributed by atoms with Gasteiger partial charge in [0.15, 0.2) is 5.76 Å². The second-order valence-electron chi connectivity index (χ2n) is 8.10. The number of hydrogen-bond donors (Lipinski definition) is 2. The van der Waals surface area contributed by atoms with Gasteiger partial charge in [-0.05, 0) is 68.0 Å². The molecule has 3 aromatic rings. The highest BCUT2D eigenvalue weighted by molar-refractivity contribution is 6.31. The summed E-state index contributed by atoms with van der Waals surface area (Å²) in [6.45, 7) is 1.78. The molecule has 32 heavy (non-hydrogen) atoms. The van der Waals surface area contributed by atoms with Crippen molar-refractivity contribution in [2.75, 3.05) is 19.7 Å². The maximum atomic E-state index is 13.4. The van der Waals surface area contributed by atoms with Crippen molar-refractivity contribution < 1.29 is 18.3 Å². The lowest BCUT2D eigenvalue weighted by molar-refractivity contribution is 0.0916. The van der Waals surface area contributed by atoms with Crippen LogP contribution in [0, 0.1) is 11.7 Å². The molecule has 1 aliphatic rings. The van der Waals surface area contributed by atoms with Gasteiger partial charge in [0, 0.05) is 35.6 Å². The van der Waals surface area contributed by atoms with Gasteiger partial charge in [0.2, 0.25) is 0 Å². The highest BCUT2D eigenvalue weighted by Crippen LogP contribution is 2.25. The molecule has 0 spiro atoms. The summed E-state index contributed by atoms with van der Waals surface area (Å²) in [5.41, 5.74) is 0.649. The minimum Gasteiger partial charge on any atom is -0.492 e. The van der Waals surface area contributed by atoms with Crippen LogP contribution < -0.4 is 15.4 Å². The number of fused-ring (bicyclic) bond motifs is 1. The van der Waals surface area contributed by atoms with Crippen LogP contribution in [0.3, 0.4) is 0 Å². The third kappa shape index (κ3) is 5.94. The van der Waals surface area contributed by atoms with E-state index >= 15 is 0 Å². The number of carbonyl (C=O) groups is 1. The summed E-state index contributed by atoms with van der Waals surface area (Å²) in [6, 6.07) is 11.9. The maximum Gasteiger partial charge on any atom is 0.287 e. The Morgan fingerprint density at radius 2 is 1.91 bits per heavy atom. The second kappa shape index (κ2) is 10.6. The Kier molecular flexibility index (Phi) is 7.55. The van der Waals surface area contributed by atoms with E-state index in [1.807, 2.05) is 0 Å². The molecule has 0 unspecified atom stereocenters. The van der Waals surface area contributed by atoms with Gasteiger partial charge in [-0.25, -0.2) is 4.39 Å². The summed E-state index contributed by atoms with van der Waals surface area (Å²) in [5.74, 6) is 0.545. The SMILES string of the molecule is O=C(NC[C@H]1CC[C@H](NCCOc2ccc(Cl)c(F)c2)CC1)c1cc2cc(Cl)ccc2o1. The zero-order valence-corrected chi connectivity index (χ0v) is 19.0. The van der Waals surface area contributed by atoms with E-state index in [2.05, 4.69) is 10.6 Å². The summed E-state index contributed by atoms with van der Waals surface area (Å²) in [4.78, 5) is 12.4. The van der Waals surface area contributed by atoms with Crippen LogP contribution in [0.5, 0.6) is 5.75 Å². The van der Waals surface area contributed by atoms with Crippen molar-refractivity contribution in [2.24, 2.45) is 5.92 Å². The zero-order valence-electron chi connectivity index (χ0n) is 17.5. The van der Waals surface area contributed by atoms with Crippen LogP contribution >= 0.6 is 23.2 Å². The molecule has 4 rings (SSSR count). The van der Waals surface area contributed by atoms with Gasteiger partial charge in [-0.3, -0.25) is 4.79 Å². The summed E-state index contributed by atoms with van der Waals surface area (Å²) in [5, 5.41) is 8.00. The molecule has 1 fully saturated rings. The Morgan fingerprint density at radius 3 is 2.69 bits per heavy atom. The van der Waals surface area contributed by atoms with Gasteiger partial charge in [-0.2, -0.15) is 0 Å². The molecule has 0 bridgehead atoms. The van der Waals surface area contributed by atoms with Gasteiger partial charge >= 0.3 is 0 Å². The Labute approximate surface area is 196 Å². The number of carbonyl (C=O) groups excluding carboxylic acids is 1. The molecule has 8 heteroatoms. The van der Waals surface area contributed by atoms with Gasteiger partial charge in [-0.1, -0.05) is 23.2 Å². The molecule has 0 radical (unpaired) electrons. The maximum absolute atomic E-state index is 13.4. The average Bonchev–Trinajstić information content (AvgIpc) is 3.21. The Bertz CT molecular complexity index is 1080. The predicted molar refractivity (Wildman–Crippen MR) is 124 cm³/mol. The Balaban J connectivity index is 1.14. The van der Waals surface area contributed by atoms with E-state index in [1.54, 1.807) is 30.3 Å². The lowest BCUT2D eigenvalue weighted by atomic mass is 9.86. The van der Waals surface area contributed by atoms with Gasteiger partial charge < -0.3 is 19.8 Å². The molecular formula is C24H25Cl2FN2O3. The molecule has 1 aromatic heterocycles. The van der Waals surface area contributed by atoms with E-state index in [4.69, 9.17) is 32.4 Å². The molecule has 1 saturated carbocycles.